The predicted octanol–water partition coefficient (Wildman–Crippen LogP) is 1.93. The number of carbonyl (C=O) groups is 2. The minimum absolute atomic E-state index is 0.0400. The van der Waals surface area contributed by atoms with Crippen molar-refractivity contribution >= 4 is 23.5 Å². The van der Waals surface area contributed by atoms with Crippen molar-refractivity contribution in [3.8, 4) is 0 Å². The first-order valence-corrected chi connectivity index (χ1v) is 8.01. The minimum atomic E-state index is -0.835. The van der Waals surface area contributed by atoms with Crippen LogP contribution in [0.15, 0.2) is 30.4 Å². The molecule has 24 heavy (non-hydrogen) atoms. The fraction of sp³-hybridized carbons (Fsp3) is 0.412. The summed E-state index contributed by atoms with van der Waals surface area (Å²) in [5.41, 5.74) is -0.574. The topological polar surface area (TPSA) is 55.8 Å². The SMILES string of the molecule is COC(=O)[C@H]1[C@H]2C(=O)N(Cc3c(F)cccc3Cl)C[C@@]23C=C[C@H]1O3. The second kappa shape index (κ2) is 5.29. The van der Waals surface area contributed by atoms with Gasteiger partial charge >= 0.3 is 5.97 Å². The zero-order valence-corrected chi connectivity index (χ0v) is 13.6. The molecule has 1 spiro atoms. The van der Waals surface area contributed by atoms with Gasteiger partial charge in [0.25, 0.3) is 0 Å². The number of benzene rings is 1. The Balaban J connectivity index is 1.65. The summed E-state index contributed by atoms with van der Waals surface area (Å²) < 4.78 is 24.8. The Bertz CT molecular complexity index is 747. The van der Waals surface area contributed by atoms with Crippen LogP contribution in [-0.2, 0) is 25.6 Å². The molecule has 4 rings (SSSR count). The van der Waals surface area contributed by atoms with Crippen LogP contribution >= 0.6 is 11.6 Å². The van der Waals surface area contributed by atoms with Gasteiger partial charge in [-0.05, 0) is 12.1 Å². The van der Waals surface area contributed by atoms with Gasteiger partial charge in [-0.25, -0.2) is 4.39 Å². The smallest absolute Gasteiger partial charge is 0.312 e. The third kappa shape index (κ3) is 2.03. The normalized spacial score (nSPS) is 33.2. The number of carbonyl (C=O) groups excluding carboxylic acids is 2. The summed E-state index contributed by atoms with van der Waals surface area (Å²) >= 11 is 6.06. The Hall–Kier alpha value is -1.92. The molecule has 1 amide bonds. The molecule has 0 saturated carbocycles. The molecular formula is C17H15ClFNO4. The van der Waals surface area contributed by atoms with Crippen LogP contribution in [0.25, 0.3) is 0 Å². The molecule has 2 fully saturated rings. The Labute approximate surface area is 143 Å². The molecule has 4 atom stereocenters. The number of rotatable bonds is 3. The number of ether oxygens (including phenoxy) is 2. The number of fused-ring (bicyclic) bond motifs is 1. The molecule has 2 saturated heterocycles. The van der Waals surface area contributed by atoms with Gasteiger partial charge < -0.3 is 14.4 Å². The summed E-state index contributed by atoms with van der Waals surface area (Å²) in [6, 6.07) is 4.40. The number of halogens is 2. The van der Waals surface area contributed by atoms with Crippen LogP contribution in [0.3, 0.4) is 0 Å². The van der Waals surface area contributed by atoms with Crippen LogP contribution in [0, 0.1) is 17.7 Å². The molecule has 0 aliphatic carbocycles. The maximum absolute atomic E-state index is 14.0. The van der Waals surface area contributed by atoms with E-state index in [0.717, 1.165) is 0 Å². The van der Waals surface area contributed by atoms with Gasteiger partial charge in [0.05, 0.1) is 32.2 Å². The molecular weight excluding hydrogens is 337 g/mol. The summed E-state index contributed by atoms with van der Waals surface area (Å²) in [6.07, 6.45) is 3.19. The number of esters is 1. The van der Waals surface area contributed by atoms with Crippen molar-refractivity contribution in [2.24, 2.45) is 11.8 Å². The first-order chi connectivity index (χ1) is 11.5. The Morgan fingerprint density at radius 2 is 2.33 bits per heavy atom. The van der Waals surface area contributed by atoms with Crippen molar-refractivity contribution in [1.29, 1.82) is 0 Å². The zero-order valence-electron chi connectivity index (χ0n) is 12.9. The first kappa shape index (κ1) is 15.6. The molecule has 7 heteroatoms. The van der Waals surface area contributed by atoms with Crippen molar-refractivity contribution in [2.45, 2.75) is 18.2 Å². The van der Waals surface area contributed by atoms with Crippen LogP contribution in [-0.4, -0.2) is 42.1 Å². The average molecular weight is 352 g/mol. The van der Waals surface area contributed by atoms with E-state index in [1.807, 2.05) is 6.08 Å². The lowest BCUT2D eigenvalue weighted by Gasteiger charge is -2.22. The van der Waals surface area contributed by atoms with E-state index >= 15 is 0 Å². The highest BCUT2D eigenvalue weighted by Crippen LogP contribution is 2.52. The average Bonchev–Trinajstić information content (AvgIpc) is 3.19. The van der Waals surface area contributed by atoms with Crippen LogP contribution < -0.4 is 0 Å². The lowest BCUT2D eigenvalue weighted by atomic mass is 9.77. The van der Waals surface area contributed by atoms with Gasteiger partial charge in [0, 0.05) is 10.6 Å². The number of amides is 1. The van der Waals surface area contributed by atoms with Crippen LogP contribution in [0.4, 0.5) is 4.39 Å². The van der Waals surface area contributed by atoms with Gasteiger partial charge in [-0.2, -0.15) is 0 Å². The third-order valence-corrected chi connectivity index (χ3v) is 5.42. The summed E-state index contributed by atoms with van der Waals surface area (Å²) in [4.78, 5) is 26.4. The fourth-order valence-corrected chi connectivity index (χ4v) is 4.21. The van der Waals surface area contributed by atoms with E-state index in [4.69, 9.17) is 21.1 Å². The monoisotopic (exact) mass is 351 g/mol. The second-order valence-electron chi connectivity index (χ2n) is 6.32. The van der Waals surface area contributed by atoms with Gasteiger partial charge in [0.2, 0.25) is 5.91 Å². The highest BCUT2D eigenvalue weighted by atomic mass is 35.5. The molecule has 1 aromatic rings. The maximum atomic E-state index is 14.0. The number of hydrogen-bond acceptors (Lipinski definition) is 4. The van der Waals surface area contributed by atoms with Crippen molar-refractivity contribution < 1.29 is 23.5 Å². The highest BCUT2D eigenvalue weighted by molar-refractivity contribution is 6.31. The molecule has 2 bridgehead atoms. The first-order valence-electron chi connectivity index (χ1n) is 7.63. The van der Waals surface area contributed by atoms with Gasteiger partial charge in [-0.3, -0.25) is 9.59 Å². The van der Waals surface area contributed by atoms with E-state index in [-0.39, 0.29) is 29.6 Å². The molecule has 3 heterocycles. The van der Waals surface area contributed by atoms with Crippen molar-refractivity contribution in [3.63, 3.8) is 0 Å². The lowest BCUT2D eigenvalue weighted by molar-refractivity contribution is -0.151. The van der Waals surface area contributed by atoms with Gasteiger partial charge in [0.1, 0.15) is 17.3 Å². The largest absolute Gasteiger partial charge is 0.469 e. The summed E-state index contributed by atoms with van der Waals surface area (Å²) in [7, 11) is 1.29. The molecule has 3 aliphatic rings. The number of likely N-dealkylation sites (tertiary alicyclic amines) is 1. The fourth-order valence-electron chi connectivity index (χ4n) is 3.99. The standard InChI is InChI=1S/C17H15ClFNO4/c1-23-16(22)13-12-5-6-17(24-12)8-20(15(21)14(13)17)7-9-10(18)3-2-4-11(9)19/h2-6,12-14H,7-8H2,1H3/t12-,13-,14+,17+/m1/s1. The summed E-state index contributed by atoms with van der Waals surface area (Å²) in [5, 5.41) is 0.266. The minimum Gasteiger partial charge on any atom is -0.469 e. The second-order valence-corrected chi connectivity index (χ2v) is 6.72. The molecule has 0 unspecified atom stereocenters. The quantitative estimate of drug-likeness (QED) is 0.617. The van der Waals surface area contributed by atoms with Crippen LogP contribution in [0.5, 0.6) is 0 Å². The third-order valence-electron chi connectivity index (χ3n) is 5.06. The Kier molecular flexibility index (Phi) is 3.44. The number of nitrogens with zero attached hydrogens (tertiary/aromatic N) is 1. The molecule has 0 N–H and O–H groups in total. The highest BCUT2D eigenvalue weighted by Gasteiger charge is 2.67. The zero-order chi connectivity index (χ0) is 17.1. The van der Waals surface area contributed by atoms with Crippen molar-refractivity contribution in [2.75, 3.05) is 13.7 Å². The van der Waals surface area contributed by atoms with Crippen LogP contribution in [0.2, 0.25) is 5.02 Å². The summed E-state index contributed by atoms with van der Waals surface area (Å²) in [6.45, 7) is 0.306. The maximum Gasteiger partial charge on any atom is 0.312 e. The number of hydrogen-bond donors (Lipinski definition) is 0. The molecule has 126 valence electrons. The van der Waals surface area contributed by atoms with E-state index in [9.17, 15) is 14.0 Å². The molecule has 3 aliphatic heterocycles. The molecule has 0 aromatic heterocycles. The van der Waals surface area contributed by atoms with E-state index in [1.54, 1.807) is 12.1 Å². The predicted molar refractivity (Wildman–Crippen MR) is 82.6 cm³/mol. The molecule has 5 nitrogen and oxygen atoms in total. The van der Waals surface area contributed by atoms with Crippen molar-refractivity contribution in [3.05, 3.63) is 46.8 Å². The van der Waals surface area contributed by atoms with Gasteiger partial charge in [-0.15, -0.1) is 0 Å². The van der Waals surface area contributed by atoms with Crippen molar-refractivity contribution in [1.82, 2.24) is 4.90 Å². The molecule has 1 aromatic carbocycles. The summed E-state index contributed by atoms with van der Waals surface area (Å²) in [5.74, 6) is -2.46. The number of methoxy groups -OCH3 is 1. The van der Waals surface area contributed by atoms with Gasteiger partial charge in [0.15, 0.2) is 0 Å². The van der Waals surface area contributed by atoms with Crippen LogP contribution in [0.1, 0.15) is 5.56 Å². The Morgan fingerprint density at radius 1 is 1.54 bits per heavy atom. The lowest BCUT2D eigenvalue weighted by Crippen LogP contribution is -2.39. The Morgan fingerprint density at radius 3 is 3.04 bits per heavy atom. The van der Waals surface area contributed by atoms with E-state index in [2.05, 4.69) is 0 Å². The van der Waals surface area contributed by atoms with E-state index in [1.165, 1.54) is 24.1 Å². The van der Waals surface area contributed by atoms with Gasteiger partial charge in [-0.1, -0.05) is 29.8 Å². The molecule has 0 radical (unpaired) electrons. The van der Waals surface area contributed by atoms with E-state index < -0.39 is 35.3 Å². The van der Waals surface area contributed by atoms with E-state index in [0.29, 0.717) is 0 Å².